The molecule has 3 atom stereocenters. The van der Waals surface area contributed by atoms with Crippen molar-refractivity contribution in [1.82, 2.24) is 21.3 Å². The summed E-state index contributed by atoms with van der Waals surface area (Å²) in [5.74, 6) is -2.40. The van der Waals surface area contributed by atoms with Gasteiger partial charge < -0.3 is 40.2 Å². The predicted octanol–water partition coefficient (Wildman–Crippen LogP) is 8.34. The van der Waals surface area contributed by atoms with Crippen molar-refractivity contribution in [3.8, 4) is 0 Å². The van der Waals surface area contributed by atoms with Crippen LogP contribution in [0.25, 0.3) is 0 Å². The van der Waals surface area contributed by atoms with Crippen LogP contribution in [0.3, 0.4) is 0 Å². The lowest BCUT2D eigenvalue weighted by Crippen LogP contribution is -2.49. The molecule has 2 unspecified atom stereocenters. The minimum atomic E-state index is -1.14. The van der Waals surface area contributed by atoms with Crippen LogP contribution in [-0.4, -0.2) is 71.8 Å². The van der Waals surface area contributed by atoms with Gasteiger partial charge in [0, 0.05) is 13.0 Å². The number of amides is 4. The summed E-state index contributed by atoms with van der Waals surface area (Å²) in [7, 11) is 0. The van der Waals surface area contributed by atoms with Crippen molar-refractivity contribution < 1.29 is 47.7 Å². The van der Waals surface area contributed by atoms with E-state index in [1.165, 1.54) is 32.1 Å². The Balaban J connectivity index is 2.12. The van der Waals surface area contributed by atoms with Gasteiger partial charge in [-0.1, -0.05) is 119 Å². The van der Waals surface area contributed by atoms with Gasteiger partial charge in [0.2, 0.25) is 11.8 Å². The molecule has 61 heavy (non-hydrogen) atoms. The molecule has 0 fully saturated rings. The van der Waals surface area contributed by atoms with Gasteiger partial charge in [-0.15, -0.1) is 0 Å². The predicted molar refractivity (Wildman–Crippen MR) is 234 cm³/mol. The van der Waals surface area contributed by atoms with E-state index in [9.17, 15) is 28.8 Å². The lowest BCUT2D eigenvalue weighted by Gasteiger charge is -2.24. The number of hydrogen-bond acceptors (Lipinski definition) is 10. The van der Waals surface area contributed by atoms with Crippen LogP contribution >= 0.6 is 0 Å². The van der Waals surface area contributed by atoms with Gasteiger partial charge in [-0.2, -0.15) is 0 Å². The number of unbranched alkanes of at least 4 members (excludes halogenated alkanes) is 8. The van der Waals surface area contributed by atoms with E-state index in [1.54, 1.807) is 65.8 Å². The molecule has 0 spiro atoms. The highest BCUT2D eigenvalue weighted by atomic mass is 16.6. The van der Waals surface area contributed by atoms with Crippen LogP contribution in [0.15, 0.2) is 60.7 Å². The molecule has 0 aliphatic rings. The Bertz CT molecular complexity index is 1610. The van der Waals surface area contributed by atoms with E-state index in [0.717, 1.165) is 36.8 Å². The zero-order valence-electron chi connectivity index (χ0n) is 37.6. The van der Waals surface area contributed by atoms with Gasteiger partial charge >= 0.3 is 24.1 Å². The topological polar surface area (TPSA) is 187 Å². The van der Waals surface area contributed by atoms with Crippen molar-refractivity contribution in [3.63, 3.8) is 0 Å². The molecule has 14 heteroatoms. The van der Waals surface area contributed by atoms with Crippen molar-refractivity contribution in [1.29, 1.82) is 0 Å². The highest BCUT2D eigenvalue weighted by Gasteiger charge is 2.29. The molecule has 0 saturated heterocycles. The van der Waals surface area contributed by atoms with Gasteiger partial charge in [0.15, 0.2) is 0 Å². The van der Waals surface area contributed by atoms with Crippen molar-refractivity contribution in [3.05, 3.63) is 71.8 Å². The summed E-state index contributed by atoms with van der Waals surface area (Å²) >= 11 is 0. The van der Waals surface area contributed by atoms with Gasteiger partial charge in [-0.25, -0.2) is 19.2 Å². The summed E-state index contributed by atoms with van der Waals surface area (Å²) in [6.45, 7) is 12.8. The molecule has 0 heterocycles. The van der Waals surface area contributed by atoms with Crippen LogP contribution in [0.1, 0.15) is 149 Å². The molecule has 0 bridgehead atoms. The maximum absolute atomic E-state index is 13.5. The average molecular weight is 853 g/mol. The molecular formula is C47H72N4O10. The van der Waals surface area contributed by atoms with Crippen LogP contribution in [0.5, 0.6) is 0 Å². The van der Waals surface area contributed by atoms with Crippen LogP contribution in [0, 0.1) is 0 Å². The second-order valence-electron chi connectivity index (χ2n) is 17.3. The molecule has 0 aliphatic heterocycles. The van der Waals surface area contributed by atoms with Gasteiger partial charge in [-0.3, -0.25) is 9.59 Å². The lowest BCUT2D eigenvalue weighted by molar-refractivity contribution is -0.149. The molecule has 0 aromatic heterocycles. The first-order valence-electron chi connectivity index (χ1n) is 21.9. The minimum absolute atomic E-state index is 0.0161. The largest absolute Gasteiger partial charge is 0.459 e. The third-order valence-corrected chi connectivity index (χ3v) is 9.28. The number of benzene rings is 2. The molecule has 4 amide bonds. The van der Waals surface area contributed by atoms with E-state index in [-0.39, 0.29) is 45.3 Å². The molecule has 340 valence electrons. The first kappa shape index (κ1) is 52.0. The first-order valence-corrected chi connectivity index (χ1v) is 21.9. The summed E-state index contributed by atoms with van der Waals surface area (Å²) < 4.78 is 21.9. The van der Waals surface area contributed by atoms with Crippen molar-refractivity contribution in [2.75, 3.05) is 6.54 Å². The Kier molecular flexibility index (Phi) is 24.2. The highest BCUT2D eigenvalue weighted by Crippen LogP contribution is 2.15. The number of esters is 2. The quantitative estimate of drug-likeness (QED) is 0.0387. The molecular weight excluding hydrogens is 781 g/mol. The Morgan fingerprint density at radius 2 is 0.951 bits per heavy atom. The molecule has 2 aromatic rings. The second kappa shape index (κ2) is 28.4. The zero-order chi connectivity index (χ0) is 45.1. The number of carbonyl (C=O) groups excluding carboxylic acids is 6. The SMILES string of the molecule is CCCCCCCCCCCNC(=O)[C@@H](CCC(=O)NC(CCCC(NC(=O)OC(C)(C)C)C(=O)OCc1ccccc1)C(=O)OCc1ccccc1)NC(=O)OC(C)(C)C. The maximum Gasteiger partial charge on any atom is 0.408 e. The summed E-state index contributed by atoms with van der Waals surface area (Å²) in [4.78, 5) is 79.0. The number of carbonyl (C=O) groups is 6. The maximum atomic E-state index is 13.5. The number of ether oxygens (including phenoxy) is 4. The van der Waals surface area contributed by atoms with Crippen LogP contribution in [0.2, 0.25) is 0 Å². The average Bonchev–Trinajstić information content (AvgIpc) is 3.19. The summed E-state index contributed by atoms with van der Waals surface area (Å²) in [5, 5.41) is 10.8. The third kappa shape index (κ3) is 25.3. The number of nitrogens with one attached hydrogen (secondary N) is 4. The molecule has 2 rings (SSSR count). The van der Waals surface area contributed by atoms with E-state index < -0.39 is 65.3 Å². The highest BCUT2D eigenvalue weighted by molar-refractivity contribution is 5.88. The fourth-order valence-corrected chi connectivity index (χ4v) is 6.16. The molecule has 0 radical (unpaired) electrons. The fraction of sp³-hybridized carbons (Fsp3) is 0.617. The Labute approximate surface area is 363 Å². The normalized spacial score (nSPS) is 12.8. The Morgan fingerprint density at radius 1 is 0.525 bits per heavy atom. The molecule has 4 N–H and O–H groups in total. The molecule has 14 nitrogen and oxygen atoms in total. The first-order chi connectivity index (χ1) is 29.0. The van der Waals surface area contributed by atoms with Crippen molar-refractivity contribution in [2.24, 2.45) is 0 Å². The van der Waals surface area contributed by atoms with Crippen molar-refractivity contribution in [2.45, 2.75) is 181 Å². The van der Waals surface area contributed by atoms with Crippen LogP contribution < -0.4 is 21.3 Å². The van der Waals surface area contributed by atoms with E-state index >= 15 is 0 Å². The summed E-state index contributed by atoms with van der Waals surface area (Å²) in [6.07, 6.45) is 8.54. The monoisotopic (exact) mass is 853 g/mol. The third-order valence-electron chi connectivity index (χ3n) is 9.28. The van der Waals surface area contributed by atoms with Crippen LogP contribution in [-0.2, 0) is 51.3 Å². The van der Waals surface area contributed by atoms with Gasteiger partial charge in [-0.05, 0) is 84.8 Å². The summed E-state index contributed by atoms with van der Waals surface area (Å²) in [6, 6.07) is 14.8. The molecule has 0 aliphatic carbocycles. The van der Waals surface area contributed by atoms with E-state index in [2.05, 4.69) is 28.2 Å². The molecule has 0 saturated carbocycles. The minimum Gasteiger partial charge on any atom is -0.459 e. The Morgan fingerprint density at radius 3 is 1.41 bits per heavy atom. The molecule has 2 aromatic carbocycles. The summed E-state index contributed by atoms with van der Waals surface area (Å²) in [5.41, 5.74) is -0.133. The number of hydrogen-bond donors (Lipinski definition) is 4. The van der Waals surface area contributed by atoms with Gasteiger partial charge in [0.05, 0.1) is 0 Å². The lowest BCUT2D eigenvalue weighted by atomic mass is 10.0. The van der Waals surface area contributed by atoms with E-state index in [0.29, 0.717) is 6.54 Å². The fourth-order valence-electron chi connectivity index (χ4n) is 6.16. The number of rotatable bonds is 27. The van der Waals surface area contributed by atoms with Gasteiger partial charge in [0.1, 0.15) is 42.5 Å². The smallest absolute Gasteiger partial charge is 0.408 e. The second-order valence-corrected chi connectivity index (χ2v) is 17.3. The van der Waals surface area contributed by atoms with Crippen LogP contribution in [0.4, 0.5) is 9.59 Å². The van der Waals surface area contributed by atoms with E-state index in [4.69, 9.17) is 18.9 Å². The van der Waals surface area contributed by atoms with Crippen molar-refractivity contribution >= 4 is 35.9 Å². The van der Waals surface area contributed by atoms with Gasteiger partial charge in [0.25, 0.3) is 0 Å². The standard InChI is InChI=1S/C47H72N4O10/c1-8-9-10-11-12-13-14-15-22-32-48-41(53)37(50-44(56)60-46(2,3)4)30-31-40(52)49-38(42(54)58-33-35-24-18-16-19-25-35)28-23-29-39(51-45(57)61-47(5,6)7)43(55)59-34-36-26-20-17-21-27-36/h16-21,24-27,37-39H,8-15,22-23,28-34H2,1-7H3,(H,48,53)(H,49,52)(H,50,56)(H,51,57)/t37-,38?,39?/m1/s1. The number of alkyl carbamates (subject to hydrolysis) is 2. The Hall–Kier alpha value is -5.14. The van der Waals surface area contributed by atoms with E-state index in [1.807, 2.05) is 36.4 Å². The zero-order valence-corrected chi connectivity index (χ0v) is 37.6.